The van der Waals surface area contributed by atoms with E-state index in [1.54, 1.807) is 6.33 Å². The highest BCUT2D eigenvalue weighted by Gasteiger charge is 2.06. The molecule has 0 radical (unpaired) electrons. The first kappa shape index (κ1) is 12.7. The van der Waals surface area contributed by atoms with Crippen molar-refractivity contribution in [2.45, 2.75) is 13.8 Å². The molecule has 0 unspecified atom stereocenters. The van der Waals surface area contributed by atoms with Crippen molar-refractivity contribution in [3.63, 3.8) is 0 Å². The molecule has 0 saturated carbocycles. The molecule has 1 rings (SSSR count). The maximum Gasteiger partial charge on any atom is 0.134 e. The minimum atomic E-state index is 0.725. The van der Waals surface area contributed by atoms with Crippen LogP contribution in [-0.2, 0) is 4.74 Å². The molecule has 1 aromatic rings. The van der Waals surface area contributed by atoms with Gasteiger partial charge in [0.15, 0.2) is 0 Å². The molecule has 1 aromatic heterocycles. The number of hydrogen-bond acceptors (Lipinski definition) is 5. The third-order valence-electron chi connectivity index (χ3n) is 2.32. The van der Waals surface area contributed by atoms with Gasteiger partial charge in [-0.2, -0.15) is 0 Å². The summed E-state index contributed by atoms with van der Waals surface area (Å²) < 4.78 is 5.34. The monoisotopic (exact) mass is 224 g/mol. The molecule has 0 bridgehead atoms. The van der Waals surface area contributed by atoms with Crippen LogP contribution in [0.1, 0.15) is 13.8 Å². The summed E-state index contributed by atoms with van der Waals surface area (Å²) >= 11 is 0. The van der Waals surface area contributed by atoms with Crippen LogP contribution >= 0.6 is 0 Å². The number of aromatic nitrogens is 2. The fraction of sp³-hybridized carbons (Fsp3) is 0.636. The summed E-state index contributed by atoms with van der Waals surface area (Å²) in [5.74, 6) is 1.77. The fourth-order valence-electron chi connectivity index (χ4n) is 1.41. The number of anilines is 2. The normalized spacial score (nSPS) is 10.2. The van der Waals surface area contributed by atoms with E-state index in [1.807, 2.05) is 20.0 Å². The molecular weight excluding hydrogens is 204 g/mol. The van der Waals surface area contributed by atoms with E-state index in [4.69, 9.17) is 4.74 Å². The van der Waals surface area contributed by atoms with Crippen molar-refractivity contribution < 1.29 is 4.74 Å². The van der Waals surface area contributed by atoms with Gasteiger partial charge in [-0.3, -0.25) is 0 Å². The zero-order valence-corrected chi connectivity index (χ0v) is 10.2. The van der Waals surface area contributed by atoms with E-state index in [-0.39, 0.29) is 0 Å². The Hall–Kier alpha value is -1.36. The van der Waals surface area contributed by atoms with Gasteiger partial charge in [-0.25, -0.2) is 9.97 Å². The van der Waals surface area contributed by atoms with Crippen LogP contribution in [0.5, 0.6) is 0 Å². The van der Waals surface area contributed by atoms with Crippen molar-refractivity contribution in [3.05, 3.63) is 12.4 Å². The molecule has 0 aliphatic carbocycles. The van der Waals surface area contributed by atoms with E-state index in [1.165, 1.54) is 0 Å². The largest absolute Gasteiger partial charge is 0.380 e. The van der Waals surface area contributed by atoms with Crippen molar-refractivity contribution in [1.29, 1.82) is 0 Å². The maximum atomic E-state index is 5.34. The van der Waals surface area contributed by atoms with Crippen molar-refractivity contribution in [3.8, 4) is 0 Å². The molecule has 1 heterocycles. The van der Waals surface area contributed by atoms with Crippen LogP contribution in [0.15, 0.2) is 12.4 Å². The molecule has 16 heavy (non-hydrogen) atoms. The van der Waals surface area contributed by atoms with Crippen LogP contribution in [0.3, 0.4) is 0 Å². The molecule has 0 aliphatic heterocycles. The Morgan fingerprint density at radius 3 is 2.81 bits per heavy atom. The van der Waals surface area contributed by atoms with Gasteiger partial charge in [0.2, 0.25) is 0 Å². The van der Waals surface area contributed by atoms with E-state index in [0.717, 1.165) is 37.9 Å². The molecule has 0 aromatic carbocycles. The summed E-state index contributed by atoms with van der Waals surface area (Å²) in [6.45, 7) is 7.34. The number of hydrogen-bond donors (Lipinski definition) is 1. The zero-order valence-electron chi connectivity index (χ0n) is 10.2. The fourth-order valence-corrected chi connectivity index (χ4v) is 1.41. The number of rotatable bonds is 7. The standard InChI is InChI=1S/C11H20N4O/c1-4-15(6-7-16-5-2)11-8-10(12-3)13-9-14-11/h8-9H,4-7H2,1-3H3,(H,12,13,14). The van der Waals surface area contributed by atoms with Crippen molar-refractivity contribution in [2.75, 3.05) is 43.6 Å². The Kier molecular flexibility index (Phi) is 5.56. The Balaban J connectivity index is 2.62. The lowest BCUT2D eigenvalue weighted by Gasteiger charge is -2.21. The molecule has 0 amide bonds. The second-order valence-corrected chi connectivity index (χ2v) is 3.29. The second kappa shape index (κ2) is 7.00. The minimum Gasteiger partial charge on any atom is -0.380 e. The molecular formula is C11H20N4O. The molecule has 0 aliphatic rings. The minimum absolute atomic E-state index is 0.725. The molecule has 0 fully saturated rings. The highest BCUT2D eigenvalue weighted by molar-refractivity contribution is 5.47. The molecule has 90 valence electrons. The molecule has 5 nitrogen and oxygen atoms in total. The second-order valence-electron chi connectivity index (χ2n) is 3.29. The van der Waals surface area contributed by atoms with Gasteiger partial charge in [0.1, 0.15) is 18.0 Å². The smallest absolute Gasteiger partial charge is 0.134 e. The van der Waals surface area contributed by atoms with E-state index >= 15 is 0 Å². The van der Waals surface area contributed by atoms with Gasteiger partial charge < -0.3 is 15.0 Å². The summed E-state index contributed by atoms with van der Waals surface area (Å²) in [6.07, 6.45) is 1.57. The van der Waals surface area contributed by atoms with Gasteiger partial charge >= 0.3 is 0 Å². The lowest BCUT2D eigenvalue weighted by molar-refractivity contribution is 0.154. The number of nitrogens with zero attached hydrogens (tertiary/aromatic N) is 3. The summed E-state index contributed by atoms with van der Waals surface area (Å²) in [4.78, 5) is 10.5. The van der Waals surface area contributed by atoms with Gasteiger partial charge in [-0.05, 0) is 13.8 Å². The average molecular weight is 224 g/mol. The maximum absolute atomic E-state index is 5.34. The van der Waals surface area contributed by atoms with Gasteiger partial charge in [0.05, 0.1) is 6.61 Å². The van der Waals surface area contributed by atoms with Crippen LogP contribution in [-0.4, -0.2) is 43.3 Å². The Bertz CT molecular complexity index is 306. The van der Waals surface area contributed by atoms with Crippen molar-refractivity contribution in [1.82, 2.24) is 9.97 Å². The summed E-state index contributed by atoms with van der Waals surface area (Å²) in [7, 11) is 1.85. The molecule has 0 atom stereocenters. The lowest BCUT2D eigenvalue weighted by Crippen LogP contribution is -2.28. The third kappa shape index (κ3) is 3.66. The molecule has 0 saturated heterocycles. The van der Waals surface area contributed by atoms with Gasteiger partial charge in [-0.1, -0.05) is 0 Å². The number of ether oxygens (including phenoxy) is 1. The average Bonchev–Trinajstić information content (AvgIpc) is 2.35. The first-order chi connectivity index (χ1) is 7.81. The topological polar surface area (TPSA) is 50.3 Å². The molecule has 0 spiro atoms. The van der Waals surface area contributed by atoms with E-state index < -0.39 is 0 Å². The Morgan fingerprint density at radius 2 is 2.19 bits per heavy atom. The van der Waals surface area contributed by atoms with Crippen molar-refractivity contribution >= 4 is 11.6 Å². The van der Waals surface area contributed by atoms with Crippen molar-refractivity contribution in [2.24, 2.45) is 0 Å². The molecule has 1 N–H and O–H groups in total. The van der Waals surface area contributed by atoms with Crippen LogP contribution in [0.25, 0.3) is 0 Å². The summed E-state index contributed by atoms with van der Waals surface area (Å²) in [5.41, 5.74) is 0. The van der Waals surface area contributed by atoms with Gasteiger partial charge in [-0.15, -0.1) is 0 Å². The first-order valence-corrected chi connectivity index (χ1v) is 5.64. The molecule has 5 heteroatoms. The summed E-state index contributed by atoms with van der Waals surface area (Å²) in [6, 6.07) is 1.94. The predicted molar refractivity (Wildman–Crippen MR) is 66.0 cm³/mol. The number of likely N-dealkylation sites (N-methyl/N-ethyl adjacent to an activating group) is 1. The van der Waals surface area contributed by atoms with Crippen LogP contribution in [0.4, 0.5) is 11.6 Å². The predicted octanol–water partition coefficient (Wildman–Crippen LogP) is 1.38. The van der Waals surface area contributed by atoms with Gasteiger partial charge in [0.25, 0.3) is 0 Å². The Morgan fingerprint density at radius 1 is 1.38 bits per heavy atom. The van der Waals surface area contributed by atoms with Crippen LogP contribution in [0, 0.1) is 0 Å². The SMILES string of the molecule is CCOCCN(CC)c1cc(NC)ncn1. The lowest BCUT2D eigenvalue weighted by atomic mass is 10.4. The quantitative estimate of drug-likeness (QED) is 0.709. The van der Waals surface area contributed by atoms with Crippen LogP contribution < -0.4 is 10.2 Å². The van der Waals surface area contributed by atoms with E-state index in [2.05, 4.69) is 27.1 Å². The third-order valence-corrected chi connectivity index (χ3v) is 2.32. The highest BCUT2D eigenvalue weighted by atomic mass is 16.5. The van der Waals surface area contributed by atoms with Gasteiger partial charge in [0, 0.05) is 32.8 Å². The zero-order chi connectivity index (χ0) is 11.8. The number of nitrogens with one attached hydrogen (secondary N) is 1. The Labute approximate surface area is 96.8 Å². The van der Waals surface area contributed by atoms with E-state index in [9.17, 15) is 0 Å². The van der Waals surface area contributed by atoms with E-state index in [0.29, 0.717) is 0 Å². The summed E-state index contributed by atoms with van der Waals surface area (Å²) in [5, 5.41) is 3.00. The highest BCUT2D eigenvalue weighted by Crippen LogP contribution is 2.12. The van der Waals surface area contributed by atoms with Crippen LogP contribution in [0.2, 0.25) is 0 Å². The first-order valence-electron chi connectivity index (χ1n) is 5.64.